The van der Waals surface area contributed by atoms with Crippen molar-refractivity contribution in [2.24, 2.45) is 5.41 Å². The summed E-state index contributed by atoms with van der Waals surface area (Å²) in [7, 11) is -2.95. The normalized spacial score (nSPS) is 18.4. The van der Waals surface area contributed by atoms with E-state index in [-0.39, 0.29) is 29.0 Å². The molecule has 3 aromatic rings. The number of alkyl halides is 3. The average molecular weight is 732 g/mol. The van der Waals surface area contributed by atoms with Gasteiger partial charge >= 0.3 is 17.8 Å². The van der Waals surface area contributed by atoms with Gasteiger partial charge in [-0.1, -0.05) is 114 Å². The highest BCUT2D eigenvalue weighted by Gasteiger charge is 2.51. The first-order chi connectivity index (χ1) is 23.4. The van der Waals surface area contributed by atoms with Gasteiger partial charge in [0, 0.05) is 18.4 Å². The van der Waals surface area contributed by atoms with Gasteiger partial charge in [0.25, 0.3) is 13.9 Å². The van der Waals surface area contributed by atoms with E-state index in [0.29, 0.717) is 5.94 Å². The molecule has 0 radical (unpaired) electrons. The highest BCUT2D eigenvalue weighted by molar-refractivity contribution is 7.99. The van der Waals surface area contributed by atoms with Crippen molar-refractivity contribution < 1.29 is 31.9 Å². The zero-order valence-electron chi connectivity index (χ0n) is 29.1. The van der Waals surface area contributed by atoms with Crippen LogP contribution in [-0.4, -0.2) is 67.0 Å². The Bertz CT molecular complexity index is 1740. The van der Waals surface area contributed by atoms with E-state index in [2.05, 4.69) is 82.6 Å². The summed E-state index contributed by atoms with van der Waals surface area (Å²) in [5, 5.41) is 3.52. The molecule has 1 unspecified atom stereocenters. The predicted molar refractivity (Wildman–Crippen MR) is 191 cm³/mol. The molecule has 1 aliphatic heterocycles. The molecule has 1 aromatic heterocycles. The summed E-state index contributed by atoms with van der Waals surface area (Å²) in [5.41, 5.74) is -1.66. The molecule has 1 fully saturated rings. The van der Waals surface area contributed by atoms with Gasteiger partial charge in [0.05, 0.1) is 25.2 Å². The van der Waals surface area contributed by atoms with Gasteiger partial charge in [0.2, 0.25) is 0 Å². The number of rotatable bonds is 11. The van der Waals surface area contributed by atoms with Crippen LogP contribution in [0.25, 0.3) is 0 Å². The number of H-pyrrole nitrogens is 1. The summed E-state index contributed by atoms with van der Waals surface area (Å²) in [6.45, 7) is 12.4. The number of aromatic nitrogens is 2. The summed E-state index contributed by atoms with van der Waals surface area (Å²) >= 11 is 1.65. The first-order valence-corrected chi connectivity index (χ1v) is 19.3. The van der Waals surface area contributed by atoms with Gasteiger partial charge in [-0.3, -0.25) is 19.1 Å². The van der Waals surface area contributed by atoms with Crippen molar-refractivity contribution in [1.82, 2.24) is 14.9 Å². The Morgan fingerprint density at radius 2 is 1.62 bits per heavy atom. The smallest absolute Gasteiger partial charge is 0.405 e. The minimum Gasteiger partial charge on any atom is -0.405 e. The Morgan fingerprint density at radius 3 is 2.16 bits per heavy atom. The molecule has 50 heavy (non-hydrogen) atoms. The second kappa shape index (κ2) is 16.2. The molecule has 2 heterocycles. The average Bonchev–Trinajstić information content (AvgIpc) is 3.44. The lowest BCUT2D eigenvalue weighted by Gasteiger charge is -2.43. The third-order valence-corrected chi connectivity index (χ3v) is 14.4. The van der Waals surface area contributed by atoms with Crippen molar-refractivity contribution >= 4 is 36.4 Å². The van der Waals surface area contributed by atoms with Crippen LogP contribution >= 0.6 is 11.8 Å². The van der Waals surface area contributed by atoms with Crippen molar-refractivity contribution in [2.75, 3.05) is 24.8 Å². The van der Waals surface area contributed by atoms with Crippen molar-refractivity contribution in [2.45, 2.75) is 77.6 Å². The van der Waals surface area contributed by atoms with Gasteiger partial charge in [-0.2, -0.15) is 13.2 Å². The topological polar surface area (TPSA) is 112 Å². The molecule has 1 saturated heterocycles. The molecule has 3 atom stereocenters. The van der Waals surface area contributed by atoms with Gasteiger partial charge in [0.1, 0.15) is 17.9 Å². The van der Waals surface area contributed by atoms with Crippen molar-refractivity contribution in [1.29, 1.82) is 0 Å². The zero-order valence-corrected chi connectivity index (χ0v) is 30.9. The molecule has 0 aliphatic carbocycles. The Morgan fingerprint density at radius 1 is 1.02 bits per heavy atom. The lowest BCUT2D eigenvalue weighted by Crippen LogP contribution is -2.67. The van der Waals surface area contributed by atoms with Crippen LogP contribution in [0.1, 0.15) is 59.8 Å². The molecule has 2 N–H and O–H groups in total. The maximum atomic E-state index is 13.0. The Balaban J connectivity index is 1.64. The van der Waals surface area contributed by atoms with Crippen LogP contribution in [0.4, 0.5) is 13.2 Å². The fourth-order valence-electron chi connectivity index (χ4n) is 5.80. The third-order valence-electron chi connectivity index (χ3n) is 8.06. The molecule has 9 nitrogen and oxygen atoms in total. The Hall–Kier alpha value is -3.61. The van der Waals surface area contributed by atoms with E-state index in [9.17, 15) is 27.6 Å². The number of nitrogens with zero attached hydrogens (tertiary/aromatic N) is 1. The first-order valence-electron chi connectivity index (χ1n) is 16.2. The number of hydrogen-bond donors (Lipinski definition) is 2. The number of carbonyl (C=O) groups is 1. The maximum Gasteiger partial charge on any atom is 0.471 e. The molecule has 0 saturated carbocycles. The number of halogens is 3. The number of nitrogens with one attached hydrogen (secondary N) is 2. The van der Waals surface area contributed by atoms with Crippen molar-refractivity contribution in [3.8, 4) is 11.8 Å². The third kappa shape index (κ3) is 9.79. The second-order valence-corrected chi connectivity index (χ2v) is 19.5. The molecule has 2 aromatic carbocycles. The minimum atomic E-state index is -5.06. The van der Waals surface area contributed by atoms with E-state index in [4.69, 9.17) is 13.9 Å². The summed E-state index contributed by atoms with van der Waals surface area (Å²) in [4.78, 5) is 38.9. The van der Waals surface area contributed by atoms with Crippen LogP contribution in [0.5, 0.6) is 0 Å². The van der Waals surface area contributed by atoms with Crippen LogP contribution in [0.15, 0.2) is 76.4 Å². The molecule has 1 amide bonds. The van der Waals surface area contributed by atoms with Crippen LogP contribution in [0.2, 0.25) is 5.04 Å². The highest BCUT2D eigenvalue weighted by atomic mass is 32.2. The van der Waals surface area contributed by atoms with E-state index >= 15 is 0 Å². The number of ether oxygens (including phenoxy) is 2. The predicted octanol–water partition coefficient (Wildman–Crippen LogP) is 4.55. The van der Waals surface area contributed by atoms with E-state index in [1.807, 2.05) is 36.4 Å². The summed E-state index contributed by atoms with van der Waals surface area (Å²) in [6.07, 6.45) is -5.53. The van der Waals surface area contributed by atoms with Crippen LogP contribution in [0.3, 0.4) is 0 Å². The molecule has 1 aliphatic rings. The van der Waals surface area contributed by atoms with Gasteiger partial charge in [-0.25, -0.2) is 4.79 Å². The summed E-state index contributed by atoms with van der Waals surface area (Å²) in [5.74, 6) is 3.86. The second-order valence-electron chi connectivity index (χ2n) is 14.3. The van der Waals surface area contributed by atoms with Crippen LogP contribution in [-0.2, 0) is 18.7 Å². The minimum absolute atomic E-state index is 0.0880. The Kier molecular flexibility index (Phi) is 12.7. The molecular formula is C36H44F3N3O6SSi. The molecule has 0 bridgehead atoms. The first kappa shape index (κ1) is 39.2. The molecule has 270 valence electrons. The summed E-state index contributed by atoms with van der Waals surface area (Å²) < 4.78 is 58.7. The number of aromatic amines is 1. The quantitative estimate of drug-likeness (QED) is 0.129. The lowest BCUT2D eigenvalue weighted by atomic mass is 10.0. The number of benzene rings is 2. The van der Waals surface area contributed by atoms with Gasteiger partial charge < -0.3 is 19.2 Å². The molecular weight excluding hydrogens is 688 g/mol. The van der Waals surface area contributed by atoms with Crippen LogP contribution in [0, 0.1) is 17.3 Å². The van der Waals surface area contributed by atoms with E-state index in [1.165, 1.54) is 10.8 Å². The van der Waals surface area contributed by atoms with E-state index in [1.54, 1.807) is 17.1 Å². The highest BCUT2D eigenvalue weighted by Crippen LogP contribution is 2.38. The molecule has 0 spiro atoms. The standard InChI is InChI=1S/C36H44F3N3O6SSi/c1-34(2,3)23-49-24-46-28-20-30(42-21-25(31(43)41-33(42)45)14-13-19-40-32(44)36(37,38)39)48-29(28)22-47-50(35(4,5)6,26-15-9-7-10-16-26)27-17-11-8-12-18-27/h7-12,15-18,21,28-30H,19-20,22-24H2,1-6H3,(H,40,44)(H,41,43,45)/t28?,29-,30-/m1/s1. The van der Waals surface area contributed by atoms with Crippen molar-refractivity contribution in [3.63, 3.8) is 0 Å². The van der Waals surface area contributed by atoms with Gasteiger partial charge in [0.15, 0.2) is 0 Å². The molecule has 4 rings (SSSR count). The van der Waals surface area contributed by atoms with E-state index in [0.717, 1.165) is 16.1 Å². The zero-order chi connectivity index (χ0) is 36.7. The number of amides is 1. The number of carbonyl (C=O) groups excluding carboxylic acids is 1. The maximum absolute atomic E-state index is 13.0. The lowest BCUT2D eigenvalue weighted by molar-refractivity contribution is -0.173. The van der Waals surface area contributed by atoms with E-state index < -0.39 is 56.6 Å². The van der Waals surface area contributed by atoms with Crippen molar-refractivity contribution in [3.05, 3.63) is 93.3 Å². The Labute approximate surface area is 295 Å². The fraction of sp³-hybridized carbons (Fsp3) is 0.472. The van der Waals surface area contributed by atoms with Gasteiger partial charge in [-0.15, -0.1) is 11.8 Å². The molecule has 14 heteroatoms. The SMILES string of the molecule is CC(C)(C)CSCOC1C[C@H](n2cc(C#CCNC(=O)C(F)(F)F)c(=O)[nH]c2=O)O[C@@H]1CO[Si](c1ccccc1)(c1ccccc1)C(C)(C)C. The fourth-order valence-corrected chi connectivity index (χ4v) is 11.3. The monoisotopic (exact) mass is 731 g/mol. The number of thioether (sulfide) groups is 1. The number of hydrogen-bond acceptors (Lipinski definition) is 7. The van der Waals surface area contributed by atoms with Gasteiger partial charge in [-0.05, 0) is 20.8 Å². The van der Waals surface area contributed by atoms with Crippen LogP contribution < -0.4 is 26.9 Å². The largest absolute Gasteiger partial charge is 0.471 e. The summed E-state index contributed by atoms with van der Waals surface area (Å²) in [6, 6.07) is 20.3.